The van der Waals surface area contributed by atoms with E-state index in [1.807, 2.05) is 28.6 Å². The summed E-state index contributed by atoms with van der Waals surface area (Å²) in [4.78, 5) is 0. The summed E-state index contributed by atoms with van der Waals surface area (Å²) in [7, 11) is 0. The quantitative estimate of drug-likeness (QED) is 0.791. The summed E-state index contributed by atoms with van der Waals surface area (Å²) in [5.41, 5.74) is 2.19. The molecule has 1 atom stereocenters. The second kappa shape index (κ2) is 6.96. The molecule has 0 saturated heterocycles. The van der Waals surface area contributed by atoms with Crippen LogP contribution in [0.15, 0.2) is 24.3 Å². The molecule has 0 saturated carbocycles. The minimum Gasteiger partial charge on any atom is -0.393 e. The number of thioether (sulfide) groups is 1. The molecular weight excluding hydrogens is 256 g/mol. The van der Waals surface area contributed by atoms with Crippen molar-refractivity contribution in [1.29, 1.82) is 0 Å². The predicted molar refractivity (Wildman–Crippen MR) is 82.7 cm³/mol. The van der Waals surface area contributed by atoms with E-state index in [9.17, 15) is 5.11 Å². The Bertz CT molecular complexity index is 524. The average molecular weight is 278 g/mol. The minimum atomic E-state index is -0.282. The van der Waals surface area contributed by atoms with Crippen LogP contribution in [0, 0.1) is 0 Å². The first kappa shape index (κ1) is 14.4. The van der Waals surface area contributed by atoms with Gasteiger partial charge in [-0.3, -0.25) is 4.68 Å². The molecule has 4 heteroatoms. The van der Waals surface area contributed by atoms with Crippen LogP contribution in [0.4, 0.5) is 0 Å². The van der Waals surface area contributed by atoms with Crippen LogP contribution in [0.1, 0.15) is 25.5 Å². The monoisotopic (exact) mass is 278 g/mol. The normalized spacial score (nSPS) is 13.0. The lowest BCUT2D eigenvalue weighted by molar-refractivity contribution is 0.163. The highest BCUT2D eigenvalue weighted by Crippen LogP contribution is 2.20. The van der Waals surface area contributed by atoms with E-state index < -0.39 is 0 Å². The zero-order valence-corrected chi connectivity index (χ0v) is 12.5. The Morgan fingerprint density at radius 3 is 2.89 bits per heavy atom. The Kier molecular flexibility index (Phi) is 5.28. The first-order valence-corrected chi connectivity index (χ1v) is 8.27. The molecule has 2 aromatic rings. The number of para-hydroxylation sites is 1. The molecule has 1 aromatic heterocycles. The molecule has 0 aliphatic rings. The highest BCUT2D eigenvalue weighted by Gasteiger charge is 2.13. The van der Waals surface area contributed by atoms with Gasteiger partial charge in [-0.1, -0.05) is 18.2 Å². The maximum Gasteiger partial charge on any atom is 0.0729 e. The number of benzene rings is 1. The number of nitrogens with zero attached hydrogens (tertiary/aromatic N) is 2. The molecule has 0 spiro atoms. The number of aryl methyl sites for hydroxylation is 1. The van der Waals surface area contributed by atoms with Gasteiger partial charge in [-0.2, -0.15) is 16.9 Å². The molecule has 1 heterocycles. The molecular formula is C15H22N2OS. The number of hydrogen-bond donors (Lipinski definition) is 1. The second-order valence-corrected chi connectivity index (χ2v) is 5.76. The summed E-state index contributed by atoms with van der Waals surface area (Å²) < 4.78 is 2.01. The minimum absolute atomic E-state index is 0.282. The van der Waals surface area contributed by atoms with Crippen LogP contribution in [0.5, 0.6) is 0 Å². The van der Waals surface area contributed by atoms with Gasteiger partial charge >= 0.3 is 0 Å². The SMILES string of the molecule is CCn1nc(CC(O)CCCSC)c2ccccc21. The molecule has 0 fully saturated rings. The Hall–Kier alpha value is -1.00. The molecule has 1 aromatic carbocycles. The van der Waals surface area contributed by atoms with Crippen molar-refractivity contribution >= 4 is 22.7 Å². The number of hydrogen-bond acceptors (Lipinski definition) is 3. The summed E-state index contributed by atoms with van der Waals surface area (Å²) in [6, 6.07) is 8.26. The lowest BCUT2D eigenvalue weighted by Gasteiger charge is -2.08. The van der Waals surface area contributed by atoms with Gasteiger partial charge in [-0.25, -0.2) is 0 Å². The number of aliphatic hydroxyl groups is 1. The maximum absolute atomic E-state index is 10.1. The van der Waals surface area contributed by atoms with Gasteiger partial charge in [0.25, 0.3) is 0 Å². The van der Waals surface area contributed by atoms with Crippen LogP contribution >= 0.6 is 11.8 Å². The van der Waals surface area contributed by atoms with E-state index in [0.717, 1.165) is 36.3 Å². The van der Waals surface area contributed by atoms with E-state index in [-0.39, 0.29) is 6.10 Å². The molecule has 104 valence electrons. The fraction of sp³-hybridized carbons (Fsp3) is 0.533. The van der Waals surface area contributed by atoms with Crippen LogP contribution in [0.3, 0.4) is 0 Å². The highest BCUT2D eigenvalue weighted by molar-refractivity contribution is 7.98. The zero-order chi connectivity index (χ0) is 13.7. The summed E-state index contributed by atoms with van der Waals surface area (Å²) in [5, 5.41) is 15.9. The van der Waals surface area contributed by atoms with Gasteiger partial charge in [0.2, 0.25) is 0 Å². The molecule has 1 unspecified atom stereocenters. The van der Waals surface area contributed by atoms with Crippen LogP contribution in [-0.4, -0.2) is 33.0 Å². The van der Waals surface area contributed by atoms with Crippen molar-refractivity contribution in [2.24, 2.45) is 0 Å². The van der Waals surface area contributed by atoms with Gasteiger partial charge in [0.1, 0.15) is 0 Å². The fourth-order valence-electron chi connectivity index (χ4n) is 2.38. The van der Waals surface area contributed by atoms with Crippen molar-refractivity contribution in [3.63, 3.8) is 0 Å². The molecule has 0 aliphatic carbocycles. The molecule has 19 heavy (non-hydrogen) atoms. The van der Waals surface area contributed by atoms with Crippen LogP contribution in [0.25, 0.3) is 10.9 Å². The van der Waals surface area contributed by atoms with Crippen molar-refractivity contribution in [3.8, 4) is 0 Å². The van der Waals surface area contributed by atoms with Gasteiger partial charge in [-0.15, -0.1) is 0 Å². The van der Waals surface area contributed by atoms with E-state index in [2.05, 4.69) is 30.4 Å². The number of rotatable bonds is 7. The summed E-state index contributed by atoms with van der Waals surface area (Å²) in [5.74, 6) is 1.11. The Morgan fingerprint density at radius 1 is 1.37 bits per heavy atom. The Labute approximate surface area is 119 Å². The average Bonchev–Trinajstić information content (AvgIpc) is 2.77. The van der Waals surface area contributed by atoms with E-state index in [4.69, 9.17) is 0 Å². The van der Waals surface area contributed by atoms with E-state index >= 15 is 0 Å². The molecule has 0 aliphatic heterocycles. The zero-order valence-electron chi connectivity index (χ0n) is 11.7. The van der Waals surface area contributed by atoms with Crippen molar-refractivity contribution in [1.82, 2.24) is 9.78 Å². The van der Waals surface area contributed by atoms with Gasteiger partial charge in [-0.05, 0) is 37.8 Å². The smallest absolute Gasteiger partial charge is 0.0729 e. The maximum atomic E-state index is 10.1. The Morgan fingerprint density at radius 2 is 2.16 bits per heavy atom. The van der Waals surface area contributed by atoms with Gasteiger partial charge in [0.15, 0.2) is 0 Å². The highest BCUT2D eigenvalue weighted by atomic mass is 32.2. The fourth-order valence-corrected chi connectivity index (χ4v) is 2.83. The van der Waals surface area contributed by atoms with Crippen LogP contribution in [0.2, 0.25) is 0 Å². The van der Waals surface area contributed by atoms with Crippen molar-refractivity contribution in [3.05, 3.63) is 30.0 Å². The molecule has 3 nitrogen and oxygen atoms in total. The first-order valence-electron chi connectivity index (χ1n) is 6.87. The molecule has 2 rings (SSSR count). The van der Waals surface area contributed by atoms with E-state index in [1.54, 1.807) is 0 Å². The van der Waals surface area contributed by atoms with Crippen LogP contribution in [-0.2, 0) is 13.0 Å². The van der Waals surface area contributed by atoms with Crippen molar-refractivity contribution in [2.75, 3.05) is 12.0 Å². The summed E-state index contributed by atoms with van der Waals surface area (Å²) in [6.45, 7) is 2.96. The summed E-state index contributed by atoms with van der Waals surface area (Å²) in [6.07, 6.45) is 4.39. The standard InChI is InChI=1S/C15H22N2OS/c1-3-17-15-9-5-4-8-13(15)14(16-17)11-12(18)7-6-10-19-2/h4-5,8-9,12,18H,3,6-7,10-11H2,1-2H3. The molecule has 0 amide bonds. The van der Waals surface area contributed by atoms with Gasteiger partial charge in [0.05, 0.1) is 17.3 Å². The first-order chi connectivity index (χ1) is 9.26. The van der Waals surface area contributed by atoms with E-state index in [1.165, 1.54) is 5.39 Å². The third kappa shape index (κ3) is 3.51. The second-order valence-electron chi connectivity index (χ2n) is 4.77. The predicted octanol–water partition coefficient (Wildman–Crippen LogP) is 3.10. The van der Waals surface area contributed by atoms with Crippen LogP contribution < -0.4 is 0 Å². The van der Waals surface area contributed by atoms with Crippen molar-refractivity contribution in [2.45, 2.75) is 38.8 Å². The van der Waals surface area contributed by atoms with Gasteiger partial charge in [0, 0.05) is 18.4 Å². The molecule has 1 N–H and O–H groups in total. The largest absolute Gasteiger partial charge is 0.393 e. The number of fused-ring (bicyclic) bond motifs is 1. The molecule has 0 radical (unpaired) electrons. The third-order valence-corrected chi connectivity index (χ3v) is 4.05. The topological polar surface area (TPSA) is 38.0 Å². The Balaban J connectivity index is 2.12. The number of aliphatic hydroxyl groups excluding tert-OH is 1. The number of aromatic nitrogens is 2. The van der Waals surface area contributed by atoms with Gasteiger partial charge < -0.3 is 5.11 Å². The lowest BCUT2D eigenvalue weighted by Crippen LogP contribution is -2.11. The lowest BCUT2D eigenvalue weighted by atomic mass is 10.1. The molecule has 0 bridgehead atoms. The van der Waals surface area contributed by atoms with Crippen molar-refractivity contribution < 1.29 is 5.11 Å². The van der Waals surface area contributed by atoms with E-state index in [0.29, 0.717) is 6.42 Å². The third-order valence-electron chi connectivity index (χ3n) is 3.35. The summed E-state index contributed by atoms with van der Waals surface area (Å²) >= 11 is 1.83.